The Morgan fingerprint density at radius 1 is 1.10 bits per heavy atom. The van der Waals surface area contributed by atoms with E-state index in [1.807, 2.05) is 0 Å². The van der Waals surface area contributed by atoms with Crippen molar-refractivity contribution in [3.63, 3.8) is 0 Å². The molecule has 1 aromatic rings. The molecule has 0 amide bonds. The molecule has 2 heteroatoms. The van der Waals surface area contributed by atoms with E-state index in [0.717, 1.165) is 30.4 Å². The number of anilines is 1. The van der Waals surface area contributed by atoms with Crippen LogP contribution < -0.4 is 5.73 Å². The molecule has 1 rings (SSSR count). The molecule has 2 nitrogen and oxygen atoms in total. The molecule has 0 aliphatic rings. The van der Waals surface area contributed by atoms with Crippen molar-refractivity contribution < 1.29 is 0 Å². The summed E-state index contributed by atoms with van der Waals surface area (Å²) >= 11 is 0. The maximum Gasteiger partial charge on any atom is 0.131 e. The van der Waals surface area contributed by atoms with Crippen LogP contribution in [0, 0.1) is 6.92 Å². The molecule has 0 atom stereocenters. The number of pyridine rings is 1. The van der Waals surface area contributed by atoms with E-state index in [4.69, 9.17) is 5.73 Å². The average Bonchev–Trinajstić information content (AvgIpc) is 2.46. The Hall–Kier alpha value is -1.31. The van der Waals surface area contributed by atoms with Crippen LogP contribution in [0.3, 0.4) is 0 Å². The van der Waals surface area contributed by atoms with E-state index >= 15 is 0 Å². The van der Waals surface area contributed by atoms with Gasteiger partial charge in [-0.05, 0) is 55.7 Å². The molecule has 0 spiro atoms. The molecule has 0 radical (unpaired) electrons. The molecule has 1 heterocycles. The lowest BCUT2D eigenvalue weighted by Gasteiger charge is -2.18. The van der Waals surface area contributed by atoms with Crippen LogP contribution in [-0.4, -0.2) is 4.98 Å². The van der Waals surface area contributed by atoms with Gasteiger partial charge in [0.05, 0.1) is 0 Å². The van der Waals surface area contributed by atoms with E-state index in [1.165, 1.54) is 48.9 Å². The largest absolute Gasteiger partial charge is 0.383 e. The fourth-order valence-electron chi connectivity index (χ4n) is 2.97. The second-order valence-electron chi connectivity index (χ2n) is 5.94. The molecular formula is C19H32N2. The standard InChI is InChI=1S/C19H32N2/c1-6-9-11-12-14(4)18-15(5)16(13-10-7-2)17(8-3)21-19(18)20/h4,6-13H2,1-3,5H3,(H2,20,21). The maximum absolute atomic E-state index is 6.23. The predicted molar refractivity (Wildman–Crippen MR) is 94.6 cm³/mol. The SMILES string of the molecule is C=C(CCCCC)c1c(N)nc(CC)c(CCCC)c1C. The second-order valence-corrected chi connectivity index (χ2v) is 5.94. The Balaban J connectivity index is 3.10. The van der Waals surface area contributed by atoms with Crippen LogP contribution in [0.1, 0.15) is 81.7 Å². The van der Waals surface area contributed by atoms with Crippen LogP contribution >= 0.6 is 0 Å². The van der Waals surface area contributed by atoms with Gasteiger partial charge in [-0.1, -0.05) is 46.6 Å². The van der Waals surface area contributed by atoms with Gasteiger partial charge in [-0.25, -0.2) is 4.98 Å². The van der Waals surface area contributed by atoms with Crippen molar-refractivity contribution in [2.75, 3.05) is 5.73 Å². The van der Waals surface area contributed by atoms with E-state index in [2.05, 4.69) is 39.3 Å². The predicted octanol–water partition coefficient (Wildman–Crippen LogP) is 5.47. The maximum atomic E-state index is 6.23. The highest BCUT2D eigenvalue weighted by Gasteiger charge is 2.16. The van der Waals surface area contributed by atoms with E-state index in [1.54, 1.807) is 0 Å². The fourth-order valence-corrected chi connectivity index (χ4v) is 2.97. The minimum atomic E-state index is 0.672. The molecule has 1 aromatic heterocycles. The fraction of sp³-hybridized carbons (Fsp3) is 0.632. The van der Waals surface area contributed by atoms with E-state index in [0.29, 0.717) is 5.82 Å². The highest BCUT2D eigenvalue weighted by atomic mass is 14.8. The van der Waals surface area contributed by atoms with Crippen molar-refractivity contribution in [2.24, 2.45) is 0 Å². The molecule has 0 aliphatic heterocycles. The minimum Gasteiger partial charge on any atom is -0.383 e. The van der Waals surface area contributed by atoms with Gasteiger partial charge < -0.3 is 5.73 Å². The molecule has 0 aliphatic carbocycles. The summed E-state index contributed by atoms with van der Waals surface area (Å²) in [5, 5.41) is 0. The molecule has 0 saturated carbocycles. The molecule has 2 N–H and O–H groups in total. The van der Waals surface area contributed by atoms with Crippen LogP contribution in [-0.2, 0) is 12.8 Å². The summed E-state index contributed by atoms with van der Waals surface area (Å²) in [6.07, 6.45) is 9.17. The van der Waals surface area contributed by atoms with Crippen LogP contribution in [0.25, 0.3) is 5.57 Å². The number of rotatable bonds is 9. The summed E-state index contributed by atoms with van der Waals surface area (Å²) < 4.78 is 0. The van der Waals surface area contributed by atoms with Gasteiger partial charge >= 0.3 is 0 Å². The summed E-state index contributed by atoms with van der Waals surface area (Å²) in [6.45, 7) is 13.1. The quantitative estimate of drug-likeness (QED) is 0.612. The summed E-state index contributed by atoms with van der Waals surface area (Å²) in [5.41, 5.74) is 12.4. The summed E-state index contributed by atoms with van der Waals surface area (Å²) in [5.74, 6) is 0.672. The van der Waals surface area contributed by atoms with E-state index in [9.17, 15) is 0 Å². The third-order valence-corrected chi connectivity index (χ3v) is 4.24. The summed E-state index contributed by atoms with van der Waals surface area (Å²) in [7, 11) is 0. The molecule has 118 valence electrons. The number of aryl methyl sites for hydroxylation is 1. The Labute approximate surface area is 130 Å². The number of aromatic nitrogens is 1. The van der Waals surface area contributed by atoms with Gasteiger partial charge in [0.15, 0.2) is 0 Å². The Morgan fingerprint density at radius 2 is 1.76 bits per heavy atom. The second kappa shape index (κ2) is 8.86. The minimum absolute atomic E-state index is 0.672. The van der Waals surface area contributed by atoms with Crippen molar-refractivity contribution in [2.45, 2.75) is 79.1 Å². The molecule has 0 aromatic carbocycles. The van der Waals surface area contributed by atoms with Crippen LogP contribution in [0.4, 0.5) is 5.82 Å². The Morgan fingerprint density at radius 3 is 2.33 bits per heavy atom. The lowest BCUT2D eigenvalue weighted by molar-refractivity contribution is 0.735. The zero-order chi connectivity index (χ0) is 15.8. The van der Waals surface area contributed by atoms with Gasteiger partial charge in [-0.3, -0.25) is 0 Å². The zero-order valence-corrected chi connectivity index (χ0v) is 14.4. The van der Waals surface area contributed by atoms with Gasteiger partial charge in [-0.2, -0.15) is 0 Å². The van der Waals surface area contributed by atoms with Gasteiger partial charge in [-0.15, -0.1) is 0 Å². The number of allylic oxidation sites excluding steroid dienone is 1. The van der Waals surface area contributed by atoms with Crippen LogP contribution in [0.2, 0.25) is 0 Å². The Kier molecular flexibility index (Phi) is 7.49. The molecule has 0 bridgehead atoms. The summed E-state index contributed by atoms with van der Waals surface area (Å²) in [6, 6.07) is 0. The van der Waals surface area contributed by atoms with Gasteiger partial charge in [0, 0.05) is 11.3 Å². The van der Waals surface area contributed by atoms with Crippen molar-refractivity contribution in [3.05, 3.63) is 29.0 Å². The number of nitrogens with two attached hydrogens (primary N) is 1. The molecular weight excluding hydrogens is 256 g/mol. The first-order valence-corrected chi connectivity index (χ1v) is 8.52. The molecule has 0 unspecified atom stereocenters. The number of hydrogen-bond acceptors (Lipinski definition) is 2. The number of unbranched alkanes of at least 4 members (excludes halogenated alkanes) is 3. The summed E-state index contributed by atoms with van der Waals surface area (Å²) in [4.78, 5) is 4.67. The van der Waals surface area contributed by atoms with Crippen molar-refractivity contribution in [1.82, 2.24) is 4.98 Å². The number of nitrogen functional groups attached to an aromatic ring is 1. The van der Waals surface area contributed by atoms with Crippen LogP contribution in [0.5, 0.6) is 0 Å². The van der Waals surface area contributed by atoms with Crippen molar-refractivity contribution >= 4 is 11.4 Å². The lowest BCUT2D eigenvalue weighted by atomic mass is 9.91. The van der Waals surface area contributed by atoms with E-state index < -0.39 is 0 Å². The number of hydrogen-bond donors (Lipinski definition) is 1. The first-order chi connectivity index (χ1) is 10.1. The van der Waals surface area contributed by atoms with Gasteiger partial charge in [0.1, 0.15) is 5.82 Å². The van der Waals surface area contributed by atoms with E-state index in [-0.39, 0.29) is 0 Å². The lowest BCUT2D eigenvalue weighted by Crippen LogP contribution is -2.09. The highest BCUT2D eigenvalue weighted by molar-refractivity contribution is 5.75. The topological polar surface area (TPSA) is 38.9 Å². The Bertz CT molecular complexity index is 475. The molecule has 0 fully saturated rings. The molecule has 21 heavy (non-hydrogen) atoms. The average molecular weight is 288 g/mol. The highest BCUT2D eigenvalue weighted by Crippen LogP contribution is 2.31. The molecule has 0 saturated heterocycles. The third kappa shape index (κ3) is 4.59. The van der Waals surface area contributed by atoms with Gasteiger partial charge in [0.2, 0.25) is 0 Å². The van der Waals surface area contributed by atoms with Gasteiger partial charge in [0.25, 0.3) is 0 Å². The first kappa shape index (κ1) is 17.7. The third-order valence-electron chi connectivity index (χ3n) is 4.24. The smallest absolute Gasteiger partial charge is 0.131 e. The zero-order valence-electron chi connectivity index (χ0n) is 14.4. The van der Waals surface area contributed by atoms with Crippen LogP contribution in [0.15, 0.2) is 6.58 Å². The first-order valence-electron chi connectivity index (χ1n) is 8.52. The van der Waals surface area contributed by atoms with Crippen molar-refractivity contribution in [1.29, 1.82) is 0 Å². The normalized spacial score (nSPS) is 10.9. The van der Waals surface area contributed by atoms with Crippen molar-refractivity contribution in [3.8, 4) is 0 Å². The number of nitrogens with zero attached hydrogens (tertiary/aromatic N) is 1. The monoisotopic (exact) mass is 288 g/mol.